The summed E-state index contributed by atoms with van der Waals surface area (Å²) in [5.74, 6) is -1.24. The Balaban J connectivity index is 1.49. The fraction of sp³-hybridized carbons (Fsp3) is 0.138. The van der Waals surface area contributed by atoms with Crippen LogP contribution in [0.4, 0.5) is 15.8 Å². The molecular formula is C29H25FN2O5. The van der Waals surface area contributed by atoms with Gasteiger partial charge in [0.05, 0.1) is 17.8 Å². The van der Waals surface area contributed by atoms with Crippen molar-refractivity contribution in [3.63, 3.8) is 0 Å². The summed E-state index contributed by atoms with van der Waals surface area (Å²) in [6, 6.07) is 21.3. The zero-order valence-electron chi connectivity index (χ0n) is 20.4. The number of nitrogens with one attached hydrogen (secondary N) is 1. The Labute approximate surface area is 213 Å². The Kier molecular flexibility index (Phi) is 7.78. The van der Waals surface area contributed by atoms with Crippen molar-refractivity contribution >= 4 is 35.2 Å². The molecule has 0 aliphatic carbocycles. The van der Waals surface area contributed by atoms with E-state index in [0.29, 0.717) is 28.4 Å². The van der Waals surface area contributed by atoms with Gasteiger partial charge in [0, 0.05) is 17.1 Å². The van der Waals surface area contributed by atoms with Crippen molar-refractivity contribution in [2.24, 2.45) is 0 Å². The average Bonchev–Trinajstić information content (AvgIpc) is 3.14. The lowest BCUT2D eigenvalue weighted by Gasteiger charge is -2.17. The zero-order chi connectivity index (χ0) is 26.4. The summed E-state index contributed by atoms with van der Waals surface area (Å²) in [5.41, 5.74) is 2.71. The molecule has 8 heteroatoms. The smallest absolute Gasteiger partial charge is 0.340 e. The molecule has 1 aliphatic heterocycles. The third-order valence-electron chi connectivity index (χ3n) is 5.58. The van der Waals surface area contributed by atoms with Gasteiger partial charge in [-0.05, 0) is 74.0 Å². The molecule has 1 N–H and O–H groups in total. The van der Waals surface area contributed by atoms with Gasteiger partial charge in [-0.2, -0.15) is 0 Å². The molecule has 0 radical (unpaired) electrons. The molecule has 4 rings (SSSR count). The fourth-order valence-corrected chi connectivity index (χ4v) is 3.88. The molecule has 0 aromatic heterocycles. The Morgan fingerprint density at radius 1 is 0.973 bits per heavy atom. The number of carbonyl (C=O) groups is 3. The van der Waals surface area contributed by atoms with Crippen molar-refractivity contribution in [2.75, 3.05) is 23.4 Å². The molecule has 1 heterocycles. The predicted octanol–water partition coefficient (Wildman–Crippen LogP) is 5.11. The first-order chi connectivity index (χ1) is 17.9. The molecule has 0 atom stereocenters. The number of esters is 1. The summed E-state index contributed by atoms with van der Waals surface area (Å²) in [6.45, 7) is 3.37. The number of anilines is 2. The number of halogens is 1. The van der Waals surface area contributed by atoms with E-state index in [9.17, 15) is 18.8 Å². The van der Waals surface area contributed by atoms with Crippen LogP contribution in [0.2, 0.25) is 0 Å². The quantitative estimate of drug-likeness (QED) is 0.343. The Morgan fingerprint density at radius 2 is 1.65 bits per heavy atom. The summed E-state index contributed by atoms with van der Waals surface area (Å²) in [7, 11) is 0. The van der Waals surface area contributed by atoms with E-state index in [2.05, 4.69) is 5.32 Å². The molecule has 0 saturated carbocycles. The highest BCUT2D eigenvalue weighted by atomic mass is 19.1. The van der Waals surface area contributed by atoms with Crippen LogP contribution in [0.3, 0.4) is 0 Å². The lowest BCUT2D eigenvalue weighted by molar-refractivity contribution is -0.138. The predicted molar refractivity (Wildman–Crippen MR) is 138 cm³/mol. The van der Waals surface area contributed by atoms with Gasteiger partial charge in [0.15, 0.2) is 6.61 Å². The average molecular weight is 501 g/mol. The maximum atomic E-state index is 13.4. The summed E-state index contributed by atoms with van der Waals surface area (Å²) in [5, 5.41) is 2.62. The van der Waals surface area contributed by atoms with Crippen LogP contribution in [0.15, 0.2) is 95.7 Å². The van der Waals surface area contributed by atoms with Crippen LogP contribution in [0.1, 0.15) is 19.4 Å². The minimum Gasteiger partial charge on any atom is -0.484 e. The number of rotatable bonds is 8. The maximum absolute atomic E-state index is 13.4. The highest BCUT2D eigenvalue weighted by Crippen LogP contribution is 2.35. The van der Waals surface area contributed by atoms with Gasteiger partial charge in [-0.3, -0.25) is 14.5 Å². The van der Waals surface area contributed by atoms with Gasteiger partial charge in [-0.1, -0.05) is 30.3 Å². The molecule has 7 nitrogen and oxygen atoms in total. The molecule has 2 amide bonds. The zero-order valence-corrected chi connectivity index (χ0v) is 20.4. The van der Waals surface area contributed by atoms with Crippen molar-refractivity contribution in [3.05, 3.63) is 107 Å². The van der Waals surface area contributed by atoms with E-state index in [-0.39, 0.29) is 30.3 Å². The third-order valence-corrected chi connectivity index (χ3v) is 5.58. The van der Waals surface area contributed by atoms with Gasteiger partial charge in [0.25, 0.3) is 11.8 Å². The molecule has 0 unspecified atom stereocenters. The standard InChI is InChI=1S/C29H25FN2O5/c1-3-36-29(35)27-19(2)32(23-7-5-4-6-8-23)28(34)25(27)17-20-9-15-24(16-10-20)37-18-26(33)31-22-13-11-21(30)12-14-22/h4-17H,3,18H2,1-2H3,(H,31,33)/b25-17-. The molecule has 0 spiro atoms. The topological polar surface area (TPSA) is 84.9 Å². The Bertz CT molecular complexity index is 1360. The van der Waals surface area contributed by atoms with Crippen LogP contribution in [-0.2, 0) is 19.1 Å². The normalized spacial score (nSPS) is 14.2. The molecule has 37 heavy (non-hydrogen) atoms. The number of allylic oxidation sites excluding steroid dienone is 1. The van der Waals surface area contributed by atoms with E-state index >= 15 is 0 Å². The van der Waals surface area contributed by atoms with E-state index in [0.717, 1.165) is 0 Å². The maximum Gasteiger partial charge on any atom is 0.340 e. The molecule has 1 aliphatic rings. The highest BCUT2D eigenvalue weighted by molar-refractivity contribution is 6.23. The lowest BCUT2D eigenvalue weighted by atomic mass is 10.0. The van der Waals surface area contributed by atoms with E-state index in [1.165, 1.54) is 29.2 Å². The lowest BCUT2D eigenvalue weighted by Crippen LogP contribution is -2.24. The van der Waals surface area contributed by atoms with Crippen molar-refractivity contribution in [1.29, 1.82) is 0 Å². The van der Waals surface area contributed by atoms with Crippen molar-refractivity contribution in [3.8, 4) is 5.75 Å². The first kappa shape index (κ1) is 25.4. The second-order valence-electron chi connectivity index (χ2n) is 8.13. The van der Waals surface area contributed by atoms with E-state index < -0.39 is 17.7 Å². The van der Waals surface area contributed by atoms with Crippen LogP contribution < -0.4 is 15.0 Å². The third kappa shape index (κ3) is 5.92. The molecule has 3 aromatic rings. The SMILES string of the molecule is CCOC(=O)C1=C(C)N(c2ccccc2)C(=O)/C1=C\c1ccc(OCC(=O)Nc2ccc(F)cc2)cc1. The van der Waals surface area contributed by atoms with Crippen LogP contribution >= 0.6 is 0 Å². The monoisotopic (exact) mass is 500 g/mol. The van der Waals surface area contributed by atoms with E-state index in [1.54, 1.807) is 56.3 Å². The molecule has 0 bridgehead atoms. The summed E-state index contributed by atoms with van der Waals surface area (Å²) < 4.78 is 23.8. The second kappa shape index (κ2) is 11.3. The summed E-state index contributed by atoms with van der Waals surface area (Å²) in [6.07, 6.45) is 1.63. The Hall–Kier alpha value is -4.72. The van der Waals surface area contributed by atoms with Gasteiger partial charge in [-0.25, -0.2) is 9.18 Å². The minimum absolute atomic E-state index is 0.184. The van der Waals surface area contributed by atoms with Gasteiger partial charge < -0.3 is 14.8 Å². The van der Waals surface area contributed by atoms with Crippen molar-refractivity contribution in [1.82, 2.24) is 0 Å². The number of hydrogen-bond donors (Lipinski definition) is 1. The van der Waals surface area contributed by atoms with Gasteiger partial charge in [-0.15, -0.1) is 0 Å². The van der Waals surface area contributed by atoms with Crippen LogP contribution in [0, 0.1) is 5.82 Å². The fourth-order valence-electron chi connectivity index (χ4n) is 3.88. The first-order valence-corrected chi connectivity index (χ1v) is 11.6. The molecule has 0 saturated heterocycles. The molecular weight excluding hydrogens is 475 g/mol. The molecule has 3 aromatic carbocycles. The van der Waals surface area contributed by atoms with Crippen LogP contribution in [-0.4, -0.2) is 31.0 Å². The van der Waals surface area contributed by atoms with Gasteiger partial charge in [0.2, 0.25) is 0 Å². The van der Waals surface area contributed by atoms with Gasteiger partial charge in [0.1, 0.15) is 11.6 Å². The number of ether oxygens (including phenoxy) is 2. The largest absolute Gasteiger partial charge is 0.484 e. The molecule has 0 fully saturated rings. The number of hydrogen-bond acceptors (Lipinski definition) is 5. The second-order valence-corrected chi connectivity index (χ2v) is 8.13. The number of carbonyl (C=O) groups excluding carboxylic acids is 3. The van der Waals surface area contributed by atoms with Crippen molar-refractivity contribution in [2.45, 2.75) is 13.8 Å². The van der Waals surface area contributed by atoms with Crippen LogP contribution in [0.25, 0.3) is 6.08 Å². The molecule has 188 valence electrons. The first-order valence-electron chi connectivity index (χ1n) is 11.6. The minimum atomic E-state index is -0.565. The number of para-hydroxylation sites is 1. The van der Waals surface area contributed by atoms with E-state index in [4.69, 9.17) is 9.47 Å². The van der Waals surface area contributed by atoms with Crippen molar-refractivity contribution < 1.29 is 28.2 Å². The van der Waals surface area contributed by atoms with Crippen LogP contribution in [0.5, 0.6) is 5.75 Å². The Morgan fingerprint density at radius 3 is 2.30 bits per heavy atom. The summed E-state index contributed by atoms with van der Waals surface area (Å²) in [4.78, 5) is 39.7. The summed E-state index contributed by atoms with van der Waals surface area (Å²) >= 11 is 0. The number of benzene rings is 3. The van der Waals surface area contributed by atoms with E-state index in [1.807, 2.05) is 18.2 Å². The highest BCUT2D eigenvalue weighted by Gasteiger charge is 2.38. The number of amides is 2. The van der Waals surface area contributed by atoms with Gasteiger partial charge >= 0.3 is 5.97 Å². The number of nitrogens with zero attached hydrogens (tertiary/aromatic N) is 1.